The number of ether oxygens (including phenoxy) is 2. The van der Waals surface area contributed by atoms with Gasteiger partial charge in [-0.25, -0.2) is 10.4 Å². The second kappa shape index (κ2) is 10.1. The molecule has 7 nitrogen and oxygen atoms in total. The van der Waals surface area contributed by atoms with E-state index in [1.165, 1.54) is 11.1 Å². The van der Waals surface area contributed by atoms with Crippen molar-refractivity contribution < 1.29 is 14.3 Å². The number of nitrogens with one attached hydrogen (secondary N) is 1. The molecule has 1 aromatic heterocycles. The topological polar surface area (TPSA) is 98.8 Å². The maximum Gasteiger partial charge on any atom is 0.283 e. The van der Waals surface area contributed by atoms with Crippen LogP contribution in [0.2, 0.25) is 0 Å². The minimum Gasteiger partial charge on any atom is -0.490 e. The molecule has 1 amide bonds. The Balaban J connectivity index is 1.69. The molecule has 0 bridgehead atoms. The smallest absolute Gasteiger partial charge is 0.283 e. The summed E-state index contributed by atoms with van der Waals surface area (Å²) in [5.41, 5.74) is 13.0. The fourth-order valence-electron chi connectivity index (χ4n) is 2.95. The fraction of sp³-hybridized carbons (Fsp3) is 0.261. The van der Waals surface area contributed by atoms with Gasteiger partial charge in [-0.3, -0.25) is 4.79 Å². The number of anilines is 1. The van der Waals surface area contributed by atoms with Crippen molar-refractivity contribution in [3.05, 3.63) is 69.2 Å². The molecule has 0 aliphatic rings. The Kier molecular flexibility index (Phi) is 7.25. The molecule has 0 saturated carbocycles. The van der Waals surface area contributed by atoms with Gasteiger partial charge in [-0.1, -0.05) is 35.1 Å². The highest BCUT2D eigenvalue weighted by molar-refractivity contribution is 7.17. The molecule has 3 aromatic rings. The second-order valence-corrected chi connectivity index (χ2v) is 8.05. The van der Waals surface area contributed by atoms with Crippen LogP contribution in [0, 0.1) is 20.8 Å². The van der Waals surface area contributed by atoms with E-state index in [2.05, 4.69) is 47.6 Å². The Morgan fingerprint density at radius 3 is 2.68 bits per heavy atom. The van der Waals surface area contributed by atoms with E-state index in [9.17, 15) is 4.79 Å². The van der Waals surface area contributed by atoms with E-state index in [0.29, 0.717) is 40.4 Å². The summed E-state index contributed by atoms with van der Waals surface area (Å²) < 4.78 is 11.8. The molecule has 0 saturated heterocycles. The summed E-state index contributed by atoms with van der Waals surface area (Å²) in [6.07, 6.45) is 1.55. The quantitative estimate of drug-likeness (QED) is 0.401. The molecule has 0 atom stereocenters. The van der Waals surface area contributed by atoms with Crippen LogP contribution in [0.25, 0.3) is 0 Å². The molecule has 1 heterocycles. The van der Waals surface area contributed by atoms with E-state index in [1.807, 2.05) is 25.1 Å². The highest BCUT2D eigenvalue weighted by Gasteiger charge is 2.13. The highest BCUT2D eigenvalue weighted by Crippen LogP contribution is 2.29. The number of hydrogen-bond donors (Lipinski definition) is 2. The second-order valence-electron chi connectivity index (χ2n) is 7.02. The first-order valence-corrected chi connectivity index (χ1v) is 10.7. The number of rotatable bonds is 8. The molecule has 0 spiro atoms. The number of benzene rings is 2. The van der Waals surface area contributed by atoms with Crippen LogP contribution in [-0.4, -0.2) is 23.7 Å². The molecule has 2 aromatic carbocycles. The van der Waals surface area contributed by atoms with Crippen molar-refractivity contribution in [2.24, 2.45) is 5.10 Å². The summed E-state index contributed by atoms with van der Waals surface area (Å²) in [5, 5.41) is 4.38. The SMILES string of the molecule is CCOc1cc(/C=N\NC(=O)c2sc(N)nc2C)ccc1OCc1cc(C)ccc1C. The predicted molar refractivity (Wildman–Crippen MR) is 124 cm³/mol. The van der Waals surface area contributed by atoms with Gasteiger partial charge in [0.25, 0.3) is 5.91 Å². The van der Waals surface area contributed by atoms with Crippen LogP contribution in [-0.2, 0) is 6.61 Å². The third-order valence-electron chi connectivity index (χ3n) is 4.55. The molecule has 8 heteroatoms. The number of thiazole rings is 1. The zero-order valence-corrected chi connectivity index (χ0v) is 18.9. The molecule has 0 aliphatic carbocycles. The minimum absolute atomic E-state index is 0.346. The van der Waals surface area contributed by atoms with Crippen molar-refractivity contribution in [2.75, 3.05) is 12.3 Å². The van der Waals surface area contributed by atoms with Gasteiger partial charge in [0.1, 0.15) is 11.5 Å². The summed E-state index contributed by atoms with van der Waals surface area (Å²) in [6.45, 7) is 8.73. The van der Waals surface area contributed by atoms with Gasteiger partial charge in [0, 0.05) is 0 Å². The third kappa shape index (κ3) is 5.82. The van der Waals surface area contributed by atoms with E-state index in [4.69, 9.17) is 15.2 Å². The van der Waals surface area contributed by atoms with Crippen LogP contribution in [0.1, 0.15) is 44.5 Å². The van der Waals surface area contributed by atoms with Crippen LogP contribution >= 0.6 is 11.3 Å². The van der Waals surface area contributed by atoms with Gasteiger partial charge in [-0.15, -0.1) is 0 Å². The van der Waals surface area contributed by atoms with Crippen molar-refractivity contribution >= 4 is 28.6 Å². The lowest BCUT2D eigenvalue weighted by molar-refractivity contribution is 0.0958. The first-order chi connectivity index (χ1) is 14.9. The molecule has 0 unspecified atom stereocenters. The average Bonchev–Trinajstić information content (AvgIpc) is 3.08. The van der Waals surface area contributed by atoms with Gasteiger partial charge in [-0.2, -0.15) is 5.10 Å². The largest absolute Gasteiger partial charge is 0.490 e. The fourth-order valence-corrected chi connectivity index (χ4v) is 3.67. The van der Waals surface area contributed by atoms with Gasteiger partial charge in [0.2, 0.25) is 0 Å². The molecule has 3 rings (SSSR count). The molecule has 0 fully saturated rings. The molecule has 3 N–H and O–H groups in total. The van der Waals surface area contributed by atoms with Crippen molar-refractivity contribution in [3.63, 3.8) is 0 Å². The average molecular weight is 439 g/mol. The van der Waals surface area contributed by atoms with Crippen LogP contribution in [0.3, 0.4) is 0 Å². The molecule has 0 radical (unpaired) electrons. The third-order valence-corrected chi connectivity index (χ3v) is 5.54. The maximum atomic E-state index is 12.2. The normalized spacial score (nSPS) is 11.0. The van der Waals surface area contributed by atoms with Gasteiger partial charge < -0.3 is 15.2 Å². The van der Waals surface area contributed by atoms with Gasteiger partial charge >= 0.3 is 0 Å². The van der Waals surface area contributed by atoms with E-state index in [-0.39, 0.29) is 5.91 Å². The molecular weight excluding hydrogens is 412 g/mol. The number of carbonyl (C=O) groups excluding carboxylic acids is 1. The Morgan fingerprint density at radius 1 is 1.16 bits per heavy atom. The Bertz CT molecular complexity index is 1110. The first kappa shape index (κ1) is 22.3. The van der Waals surface area contributed by atoms with Crippen molar-refractivity contribution in [3.8, 4) is 11.5 Å². The monoisotopic (exact) mass is 438 g/mol. The highest BCUT2D eigenvalue weighted by atomic mass is 32.1. The van der Waals surface area contributed by atoms with Crippen LogP contribution in [0.15, 0.2) is 41.5 Å². The summed E-state index contributed by atoms with van der Waals surface area (Å²) in [7, 11) is 0. The number of carbonyl (C=O) groups is 1. The Morgan fingerprint density at radius 2 is 1.97 bits per heavy atom. The zero-order valence-electron chi connectivity index (χ0n) is 18.1. The van der Waals surface area contributed by atoms with Crippen molar-refractivity contribution in [2.45, 2.75) is 34.3 Å². The van der Waals surface area contributed by atoms with E-state index in [0.717, 1.165) is 22.5 Å². The van der Waals surface area contributed by atoms with Crippen LogP contribution in [0.4, 0.5) is 5.13 Å². The molecule has 162 valence electrons. The van der Waals surface area contributed by atoms with Gasteiger partial charge in [0.05, 0.1) is 18.5 Å². The number of nitrogens with two attached hydrogens (primary N) is 1. The van der Waals surface area contributed by atoms with Crippen molar-refractivity contribution in [1.82, 2.24) is 10.4 Å². The van der Waals surface area contributed by atoms with E-state index < -0.39 is 0 Å². The Hall–Kier alpha value is -3.39. The number of nitrogens with zero attached hydrogens (tertiary/aromatic N) is 2. The van der Waals surface area contributed by atoms with Gasteiger partial charge in [0.15, 0.2) is 16.6 Å². The number of amides is 1. The first-order valence-electron chi connectivity index (χ1n) is 9.89. The number of hydrogen-bond acceptors (Lipinski definition) is 7. The lowest BCUT2D eigenvalue weighted by Crippen LogP contribution is -2.17. The number of hydrazone groups is 1. The van der Waals surface area contributed by atoms with Gasteiger partial charge in [-0.05, 0) is 62.6 Å². The van der Waals surface area contributed by atoms with Crippen LogP contribution in [0.5, 0.6) is 11.5 Å². The number of aryl methyl sites for hydroxylation is 3. The van der Waals surface area contributed by atoms with Crippen LogP contribution < -0.4 is 20.6 Å². The Labute approximate surface area is 185 Å². The molecule has 0 aliphatic heterocycles. The standard InChI is InChI=1S/C23H26N4O3S/c1-5-29-20-11-17(12-25-27-22(28)21-16(4)26-23(24)31-21)8-9-19(20)30-13-18-10-14(2)6-7-15(18)3/h6-12H,5,13H2,1-4H3,(H2,24,26)(H,27,28)/b25-12-. The number of aromatic nitrogens is 1. The summed E-state index contributed by atoms with van der Waals surface area (Å²) in [6, 6.07) is 11.8. The zero-order chi connectivity index (χ0) is 22.4. The number of nitrogen functional groups attached to an aromatic ring is 1. The molecule has 31 heavy (non-hydrogen) atoms. The maximum absolute atomic E-state index is 12.2. The minimum atomic E-state index is -0.346. The lowest BCUT2D eigenvalue weighted by Gasteiger charge is -2.14. The predicted octanol–water partition coefficient (Wildman–Crippen LogP) is 4.39. The summed E-state index contributed by atoms with van der Waals surface area (Å²) >= 11 is 1.13. The molecular formula is C23H26N4O3S. The summed E-state index contributed by atoms with van der Waals surface area (Å²) in [4.78, 5) is 16.7. The summed E-state index contributed by atoms with van der Waals surface area (Å²) in [5.74, 6) is 0.926. The van der Waals surface area contributed by atoms with Crippen molar-refractivity contribution in [1.29, 1.82) is 0 Å². The van der Waals surface area contributed by atoms with E-state index in [1.54, 1.807) is 13.1 Å². The van der Waals surface area contributed by atoms with E-state index >= 15 is 0 Å². The lowest BCUT2D eigenvalue weighted by atomic mass is 10.1.